The molecule has 0 aliphatic heterocycles. The zero-order valence-electron chi connectivity index (χ0n) is 18.7. The van der Waals surface area contributed by atoms with Gasteiger partial charge in [0, 0.05) is 16.5 Å². The highest BCUT2D eigenvalue weighted by Crippen LogP contribution is 2.33. The quantitative estimate of drug-likeness (QED) is 0.299. The fourth-order valence-electron chi connectivity index (χ4n) is 4.01. The second-order valence-corrected chi connectivity index (χ2v) is 9.19. The fourth-order valence-corrected chi connectivity index (χ4v) is 4.01. The molecule has 0 radical (unpaired) electrons. The van der Waals surface area contributed by atoms with Gasteiger partial charge in [0.2, 0.25) is 0 Å². The van der Waals surface area contributed by atoms with E-state index in [4.69, 9.17) is 9.97 Å². The van der Waals surface area contributed by atoms with Gasteiger partial charge in [-0.15, -0.1) is 0 Å². The van der Waals surface area contributed by atoms with Gasteiger partial charge in [0.25, 0.3) is 0 Å². The normalized spacial score (nSPS) is 11.6. The molecular formula is C30H26N2. The van der Waals surface area contributed by atoms with Gasteiger partial charge in [-0.3, -0.25) is 0 Å². The molecule has 5 rings (SSSR count). The van der Waals surface area contributed by atoms with Crippen molar-refractivity contribution in [1.29, 1.82) is 0 Å². The van der Waals surface area contributed by atoms with E-state index in [1.165, 1.54) is 21.9 Å². The molecule has 0 saturated heterocycles. The van der Waals surface area contributed by atoms with Crippen molar-refractivity contribution in [1.82, 2.24) is 9.97 Å². The largest absolute Gasteiger partial charge is 0.232 e. The van der Waals surface area contributed by atoms with Gasteiger partial charge < -0.3 is 0 Å². The molecule has 0 spiro atoms. The van der Waals surface area contributed by atoms with Crippen molar-refractivity contribution in [3.8, 4) is 33.6 Å². The van der Waals surface area contributed by atoms with Crippen molar-refractivity contribution in [3.05, 3.63) is 109 Å². The van der Waals surface area contributed by atoms with Crippen LogP contribution < -0.4 is 0 Å². The molecule has 0 fully saturated rings. The third-order valence-electron chi connectivity index (χ3n) is 5.73. The van der Waals surface area contributed by atoms with E-state index in [-0.39, 0.29) is 5.41 Å². The number of aromatic nitrogens is 2. The number of rotatable bonds is 3. The SMILES string of the molecule is CC(C)(C)c1nc(-c2cccc(-c3ccccc3)c2)cc(-c2cccc3ccccc23)n1. The van der Waals surface area contributed by atoms with Crippen molar-refractivity contribution in [3.63, 3.8) is 0 Å². The van der Waals surface area contributed by atoms with Crippen molar-refractivity contribution in [2.45, 2.75) is 26.2 Å². The van der Waals surface area contributed by atoms with Crippen LogP contribution in [0.4, 0.5) is 0 Å². The zero-order chi connectivity index (χ0) is 22.1. The second-order valence-electron chi connectivity index (χ2n) is 9.19. The van der Waals surface area contributed by atoms with Crippen LogP contribution in [0.2, 0.25) is 0 Å². The van der Waals surface area contributed by atoms with Gasteiger partial charge in [0.05, 0.1) is 11.4 Å². The van der Waals surface area contributed by atoms with E-state index in [1.54, 1.807) is 0 Å². The molecule has 4 aromatic carbocycles. The molecule has 0 aliphatic carbocycles. The minimum absolute atomic E-state index is 0.160. The zero-order valence-corrected chi connectivity index (χ0v) is 18.7. The third-order valence-corrected chi connectivity index (χ3v) is 5.73. The molecule has 2 nitrogen and oxygen atoms in total. The van der Waals surface area contributed by atoms with Gasteiger partial charge in [-0.2, -0.15) is 0 Å². The molecule has 32 heavy (non-hydrogen) atoms. The molecule has 0 saturated carbocycles. The highest BCUT2D eigenvalue weighted by molar-refractivity contribution is 5.96. The summed E-state index contributed by atoms with van der Waals surface area (Å²) in [4.78, 5) is 10.0. The van der Waals surface area contributed by atoms with Crippen LogP contribution in [-0.2, 0) is 5.41 Å². The van der Waals surface area contributed by atoms with Crippen LogP contribution in [0.1, 0.15) is 26.6 Å². The van der Waals surface area contributed by atoms with Gasteiger partial charge in [-0.25, -0.2) is 9.97 Å². The molecule has 0 aliphatic rings. The summed E-state index contributed by atoms with van der Waals surface area (Å²) in [7, 11) is 0. The first-order chi connectivity index (χ1) is 15.5. The smallest absolute Gasteiger partial charge is 0.135 e. The van der Waals surface area contributed by atoms with Crippen molar-refractivity contribution in [2.24, 2.45) is 0 Å². The third kappa shape index (κ3) is 3.92. The summed E-state index contributed by atoms with van der Waals surface area (Å²) in [5.41, 5.74) is 6.37. The Morgan fingerprint density at radius 1 is 0.531 bits per heavy atom. The molecule has 5 aromatic rings. The number of fused-ring (bicyclic) bond motifs is 1. The molecule has 2 heteroatoms. The van der Waals surface area contributed by atoms with E-state index >= 15 is 0 Å². The Balaban J connectivity index is 1.71. The lowest BCUT2D eigenvalue weighted by Crippen LogP contribution is -2.17. The summed E-state index contributed by atoms with van der Waals surface area (Å²) in [6.07, 6.45) is 0. The minimum Gasteiger partial charge on any atom is -0.232 e. The minimum atomic E-state index is -0.160. The molecule has 0 N–H and O–H groups in total. The van der Waals surface area contributed by atoms with E-state index in [0.717, 1.165) is 28.3 Å². The van der Waals surface area contributed by atoms with Gasteiger partial charge >= 0.3 is 0 Å². The summed E-state index contributed by atoms with van der Waals surface area (Å²) < 4.78 is 0. The summed E-state index contributed by atoms with van der Waals surface area (Å²) in [6.45, 7) is 6.50. The predicted octanol–water partition coefficient (Wildman–Crippen LogP) is 7.93. The van der Waals surface area contributed by atoms with E-state index in [2.05, 4.69) is 118 Å². The summed E-state index contributed by atoms with van der Waals surface area (Å²) in [5, 5.41) is 2.42. The van der Waals surface area contributed by atoms with E-state index < -0.39 is 0 Å². The average Bonchev–Trinajstić information content (AvgIpc) is 2.83. The highest BCUT2D eigenvalue weighted by Gasteiger charge is 2.20. The first-order valence-electron chi connectivity index (χ1n) is 11.0. The van der Waals surface area contributed by atoms with Gasteiger partial charge in [0.15, 0.2) is 0 Å². The van der Waals surface area contributed by atoms with Crippen LogP contribution in [-0.4, -0.2) is 9.97 Å². The summed E-state index contributed by atoms with van der Waals surface area (Å²) >= 11 is 0. The van der Waals surface area contributed by atoms with Crippen LogP contribution in [0, 0.1) is 0 Å². The fraction of sp³-hybridized carbons (Fsp3) is 0.133. The standard InChI is InChI=1S/C30H26N2/c1-30(2,3)29-31-27(24-16-9-15-23(19-24)21-11-5-4-6-12-21)20-28(32-29)26-18-10-14-22-13-7-8-17-25(22)26/h4-20H,1-3H3. The van der Waals surface area contributed by atoms with Crippen LogP contribution in [0.3, 0.4) is 0 Å². The number of benzene rings is 4. The topological polar surface area (TPSA) is 25.8 Å². The average molecular weight is 415 g/mol. The van der Waals surface area contributed by atoms with Gasteiger partial charge in [-0.1, -0.05) is 112 Å². The molecule has 0 bridgehead atoms. The monoisotopic (exact) mass is 414 g/mol. The Morgan fingerprint density at radius 3 is 1.97 bits per heavy atom. The lowest BCUT2D eigenvalue weighted by molar-refractivity contribution is 0.547. The Kier molecular flexibility index (Phi) is 5.07. The first kappa shape index (κ1) is 20.1. The van der Waals surface area contributed by atoms with Crippen LogP contribution >= 0.6 is 0 Å². The van der Waals surface area contributed by atoms with Crippen LogP contribution in [0.5, 0.6) is 0 Å². The number of hydrogen-bond donors (Lipinski definition) is 0. The number of hydrogen-bond acceptors (Lipinski definition) is 2. The maximum absolute atomic E-state index is 5.02. The summed E-state index contributed by atoms with van der Waals surface area (Å²) in [5.74, 6) is 0.850. The number of nitrogens with zero attached hydrogens (tertiary/aromatic N) is 2. The second kappa shape index (κ2) is 8.05. The van der Waals surface area contributed by atoms with Crippen molar-refractivity contribution < 1.29 is 0 Å². The van der Waals surface area contributed by atoms with Crippen molar-refractivity contribution >= 4 is 10.8 Å². The van der Waals surface area contributed by atoms with E-state index in [0.29, 0.717) is 0 Å². The molecule has 156 valence electrons. The Morgan fingerprint density at radius 2 is 1.16 bits per heavy atom. The maximum atomic E-state index is 5.02. The molecule has 1 aromatic heterocycles. The Hall–Kier alpha value is -3.78. The van der Waals surface area contributed by atoms with E-state index in [1.807, 2.05) is 6.07 Å². The first-order valence-corrected chi connectivity index (χ1v) is 11.0. The molecule has 0 atom stereocenters. The Bertz CT molecular complexity index is 1390. The van der Waals surface area contributed by atoms with Gasteiger partial charge in [0.1, 0.15) is 5.82 Å². The van der Waals surface area contributed by atoms with Crippen LogP contribution in [0.15, 0.2) is 103 Å². The highest BCUT2D eigenvalue weighted by atomic mass is 14.9. The predicted molar refractivity (Wildman–Crippen MR) is 135 cm³/mol. The molecule has 0 amide bonds. The van der Waals surface area contributed by atoms with Gasteiger partial charge in [-0.05, 0) is 34.0 Å². The summed E-state index contributed by atoms with van der Waals surface area (Å²) in [6, 6.07) is 36.1. The molecular weight excluding hydrogens is 388 g/mol. The molecule has 1 heterocycles. The maximum Gasteiger partial charge on any atom is 0.135 e. The lowest BCUT2D eigenvalue weighted by atomic mass is 9.94. The lowest BCUT2D eigenvalue weighted by Gasteiger charge is -2.19. The van der Waals surface area contributed by atoms with Crippen LogP contribution in [0.25, 0.3) is 44.4 Å². The van der Waals surface area contributed by atoms with E-state index in [9.17, 15) is 0 Å². The van der Waals surface area contributed by atoms with Crippen molar-refractivity contribution in [2.75, 3.05) is 0 Å². The Labute approximate surface area is 189 Å². The molecule has 0 unspecified atom stereocenters.